The predicted octanol–water partition coefficient (Wildman–Crippen LogP) is 5.99. The molecule has 1 aliphatic rings. The fraction of sp³-hybridized carbons (Fsp3) is 0.167. The lowest BCUT2D eigenvalue weighted by molar-refractivity contribution is 0.0698. The minimum Gasteiger partial charge on any atom is -0.478 e. The molecule has 4 rings (SSSR count). The van der Waals surface area contributed by atoms with Gasteiger partial charge in [-0.1, -0.05) is 12.6 Å². The Morgan fingerprint density at radius 1 is 1.24 bits per heavy atom. The van der Waals surface area contributed by atoms with E-state index >= 15 is 0 Å². The van der Waals surface area contributed by atoms with Gasteiger partial charge in [-0.05, 0) is 79.3 Å². The maximum atomic E-state index is 11.7. The van der Waals surface area contributed by atoms with E-state index in [4.69, 9.17) is 0 Å². The minimum atomic E-state index is -0.919. The summed E-state index contributed by atoms with van der Waals surface area (Å²) < 4.78 is 0. The lowest BCUT2D eigenvalue weighted by Crippen LogP contribution is -2.10. The van der Waals surface area contributed by atoms with E-state index in [0.717, 1.165) is 41.0 Å². The third kappa shape index (κ3) is 3.99. The number of carboxylic acids is 1. The molecule has 29 heavy (non-hydrogen) atoms. The van der Waals surface area contributed by atoms with Gasteiger partial charge in [-0.2, -0.15) is 0 Å². The zero-order chi connectivity index (χ0) is 20.4. The van der Waals surface area contributed by atoms with Gasteiger partial charge in [-0.25, -0.2) is 4.79 Å². The molecular formula is C24H23N3O2. The number of aryl methyl sites for hydroxylation is 1. The SMILES string of the molecule is C=CN(c1cccnc1)c1ccc(Nc2ccc(C3CC3)cc2C(=O)O)cc1C. The summed E-state index contributed by atoms with van der Waals surface area (Å²) in [5.41, 5.74) is 5.79. The number of hydrogen-bond acceptors (Lipinski definition) is 4. The Balaban J connectivity index is 1.62. The Hall–Kier alpha value is -3.60. The van der Waals surface area contributed by atoms with Crippen molar-refractivity contribution in [3.05, 3.63) is 90.4 Å². The molecule has 2 N–H and O–H groups in total. The van der Waals surface area contributed by atoms with E-state index in [0.29, 0.717) is 17.2 Å². The summed E-state index contributed by atoms with van der Waals surface area (Å²) >= 11 is 0. The van der Waals surface area contributed by atoms with E-state index in [9.17, 15) is 9.90 Å². The molecule has 0 bridgehead atoms. The largest absolute Gasteiger partial charge is 0.478 e. The lowest BCUT2D eigenvalue weighted by Gasteiger charge is -2.22. The van der Waals surface area contributed by atoms with Crippen LogP contribution in [0.25, 0.3) is 0 Å². The second kappa shape index (κ2) is 7.80. The highest BCUT2D eigenvalue weighted by Gasteiger charge is 2.25. The van der Waals surface area contributed by atoms with Crippen molar-refractivity contribution in [2.24, 2.45) is 0 Å². The molecule has 1 saturated carbocycles. The molecule has 5 heteroatoms. The zero-order valence-electron chi connectivity index (χ0n) is 16.3. The van der Waals surface area contributed by atoms with Crippen molar-refractivity contribution in [1.82, 2.24) is 4.98 Å². The average molecular weight is 385 g/mol. The first kappa shape index (κ1) is 18.7. The quantitative estimate of drug-likeness (QED) is 0.523. The van der Waals surface area contributed by atoms with Gasteiger partial charge in [0.15, 0.2) is 0 Å². The second-order valence-electron chi connectivity index (χ2n) is 7.27. The number of anilines is 4. The summed E-state index contributed by atoms with van der Waals surface area (Å²) in [7, 11) is 0. The van der Waals surface area contributed by atoms with Gasteiger partial charge in [-0.15, -0.1) is 0 Å². The Bertz CT molecular complexity index is 1060. The van der Waals surface area contributed by atoms with Gasteiger partial charge in [0, 0.05) is 23.8 Å². The number of aromatic carboxylic acids is 1. The van der Waals surface area contributed by atoms with E-state index < -0.39 is 5.97 Å². The van der Waals surface area contributed by atoms with Crippen LogP contribution in [0, 0.1) is 6.92 Å². The van der Waals surface area contributed by atoms with Crippen molar-refractivity contribution >= 4 is 28.7 Å². The van der Waals surface area contributed by atoms with Crippen molar-refractivity contribution in [2.75, 3.05) is 10.2 Å². The maximum absolute atomic E-state index is 11.7. The van der Waals surface area contributed by atoms with Crippen LogP contribution in [0.15, 0.2) is 73.7 Å². The highest BCUT2D eigenvalue weighted by atomic mass is 16.4. The summed E-state index contributed by atoms with van der Waals surface area (Å²) in [5, 5.41) is 12.9. The van der Waals surface area contributed by atoms with Crippen molar-refractivity contribution in [3.63, 3.8) is 0 Å². The van der Waals surface area contributed by atoms with Gasteiger partial charge in [0.05, 0.1) is 23.1 Å². The Labute approximate surface area is 170 Å². The maximum Gasteiger partial charge on any atom is 0.337 e. The van der Waals surface area contributed by atoms with Gasteiger partial charge < -0.3 is 15.3 Å². The van der Waals surface area contributed by atoms with Crippen molar-refractivity contribution < 1.29 is 9.90 Å². The predicted molar refractivity (Wildman–Crippen MR) is 116 cm³/mol. The first-order valence-corrected chi connectivity index (χ1v) is 9.63. The zero-order valence-corrected chi connectivity index (χ0v) is 16.3. The third-order valence-electron chi connectivity index (χ3n) is 5.16. The van der Waals surface area contributed by atoms with Crippen LogP contribution >= 0.6 is 0 Å². The van der Waals surface area contributed by atoms with Gasteiger partial charge in [0.2, 0.25) is 0 Å². The summed E-state index contributed by atoms with van der Waals surface area (Å²) in [6.07, 6.45) is 7.56. The van der Waals surface area contributed by atoms with Crippen LogP contribution in [-0.4, -0.2) is 16.1 Å². The number of pyridine rings is 1. The Morgan fingerprint density at radius 2 is 2.07 bits per heavy atom. The van der Waals surface area contributed by atoms with E-state index in [-0.39, 0.29) is 0 Å². The van der Waals surface area contributed by atoms with Crippen LogP contribution in [-0.2, 0) is 0 Å². The average Bonchev–Trinajstić information content (AvgIpc) is 3.56. The molecule has 1 fully saturated rings. The monoisotopic (exact) mass is 385 g/mol. The molecule has 5 nitrogen and oxygen atoms in total. The Kier molecular flexibility index (Phi) is 5.04. The number of nitrogens with one attached hydrogen (secondary N) is 1. The van der Waals surface area contributed by atoms with Crippen LogP contribution < -0.4 is 10.2 Å². The van der Waals surface area contributed by atoms with Crippen LogP contribution in [0.5, 0.6) is 0 Å². The molecular weight excluding hydrogens is 362 g/mol. The first-order valence-electron chi connectivity index (χ1n) is 9.63. The molecule has 146 valence electrons. The van der Waals surface area contributed by atoms with Gasteiger partial charge in [0.1, 0.15) is 0 Å². The van der Waals surface area contributed by atoms with E-state index in [1.54, 1.807) is 24.7 Å². The lowest BCUT2D eigenvalue weighted by atomic mass is 10.0. The highest BCUT2D eigenvalue weighted by Crippen LogP contribution is 2.41. The standard InChI is InChI=1S/C24H23N3O2/c1-3-27(20-5-4-12-25-15-20)23-11-9-19(13-16(23)2)26-22-10-8-18(17-6-7-17)14-21(22)24(28)29/h3-5,8-15,17,26H,1,6-7H2,2H3,(H,28,29). The molecule has 1 aromatic heterocycles. The van der Waals surface area contributed by atoms with Crippen molar-refractivity contribution in [1.29, 1.82) is 0 Å². The summed E-state index contributed by atoms with van der Waals surface area (Å²) in [6.45, 7) is 5.94. The molecule has 1 aliphatic carbocycles. The van der Waals surface area contributed by atoms with Crippen LogP contribution in [0.3, 0.4) is 0 Å². The molecule has 0 saturated heterocycles. The van der Waals surface area contributed by atoms with E-state index in [1.807, 2.05) is 54.3 Å². The fourth-order valence-electron chi connectivity index (χ4n) is 3.52. The molecule has 0 radical (unpaired) electrons. The molecule has 0 aliphatic heterocycles. The fourth-order valence-corrected chi connectivity index (χ4v) is 3.52. The van der Waals surface area contributed by atoms with Crippen LogP contribution in [0.1, 0.15) is 40.2 Å². The molecule has 3 aromatic rings. The summed E-state index contributed by atoms with van der Waals surface area (Å²) in [4.78, 5) is 17.9. The number of nitrogens with zero attached hydrogens (tertiary/aromatic N) is 2. The number of hydrogen-bond donors (Lipinski definition) is 2. The van der Waals surface area contributed by atoms with Gasteiger partial charge in [0.25, 0.3) is 0 Å². The van der Waals surface area contributed by atoms with E-state index in [2.05, 4.69) is 16.9 Å². The van der Waals surface area contributed by atoms with Crippen LogP contribution in [0.2, 0.25) is 0 Å². The molecule has 0 spiro atoms. The van der Waals surface area contributed by atoms with Crippen LogP contribution in [0.4, 0.5) is 22.7 Å². The number of benzene rings is 2. The highest BCUT2D eigenvalue weighted by molar-refractivity contribution is 5.95. The minimum absolute atomic E-state index is 0.305. The van der Waals surface area contributed by atoms with E-state index in [1.165, 1.54) is 0 Å². The summed E-state index contributed by atoms with van der Waals surface area (Å²) in [5.74, 6) is -0.404. The molecule has 0 unspecified atom stereocenters. The topological polar surface area (TPSA) is 65.5 Å². The number of rotatable bonds is 7. The number of aromatic nitrogens is 1. The van der Waals surface area contributed by atoms with Crippen molar-refractivity contribution in [3.8, 4) is 0 Å². The van der Waals surface area contributed by atoms with Crippen molar-refractivity contribution in [2.45, 2.75) is 25.7 Å². The Morgan fingerprint density at radius 3 is 2.69 bits per heavy atom. The van der Waals surface area contributed by atoms with Gasteiger partial charge >= 0.3 is 5.97 Å². The van der Waals surface area contributed by atoms with Gasteiger partial charge in [-0.3, -0.25) is 4.98 Å². The molecule has 0 atom stereocenters. The third-order valence-corrected chi connectivity index (χ3v) is 5.16. The number of carboxylic acid groups (broad SMARTS) is 1. The molecule has 0 amide bonds. The number of carbonyl (C=O) groups is 1. The summed E-state index contributed by atoms with van der Waals surface area (Å²) in [6, 6.07) is 15.5. The second-order valence-corrected chi connectivity index (χ2v) is 7.27. The first-order chi connectivity index (χ1) is 14.1. The smallest absolute Gasteiger partial charge is 0.337 e. The molecule has 2 aromatic carbocycles. The molecule has 1 heterocycles. The normalized spacial score (nSPS) is 13.0.